The maximum atomic E-state index is 5.11. The van der Waals surface area contributed by atoms with Gasteiger partial charge in [-0.15, -0.1) is 11.3 Å². The van der Waals surface area contributed by atoms with E-state index in [-0.39, 0.29) is 0 Å². The van der Waals surface area contributed by atoms with Crippen molar-refractivity contribution in [3.05, 3.63) is 164 Å². The molecule has 0 spiro atoms. The summed E-state index contributed by atoms with van der Waals surface area (Å²) in [5.41, 5.74) is 8.15. The van der Waals surface area contributed by atoms with E-state index in [2.05, 4.69) is 95.6 Å². The summed E-state index contributed by atoms with van der Waals surface area (Å²) in [5, 5.41) is 4.85. The van der Waals surface area contributed by atoms with Gasteiger partial charge in [-0.25, -0.2) is 19.9 Å². The molecule has 5 nitrogen and oxygen atoms in total. The van der Waals surface area contributed by atoms with Gasteiger partial charge < -0.3 is 4.57 Å². The van der Waals surface area contributed by atoms with E-state index in [4.69, 9.17) is 19.9 Å². The topological polar surface area (TPSA) is 56.5 Å². The number of hydrogen-bond acceptors (Lipinski definition) is 5. The minimum Gasteiger partial charge on any atom is -0.308 e. The average molecular weight is 658 g/mol. The Kier molecular flexibility index (Phi) is 6.60. The maximum absolute atomic E-state index is 5.11. The molecule has 4 heterocycles. The van der Waals surface area contributed by atoms with Crippen LogP contribution in [0.15, 0.2) is 164 Å². The Labute approximate surface area is 291 Å². The van der Waals surface area contributed by atoms with Gasteiger partial charge >= 0.3 is 0 Å². The molecule has 50 heavy (non-hydrogen) atoms. The summed E-state index contributed by atoms with van der Waals surface area (Å²) in [6.45, 7) is 0. The Morgan fingerprint density at radius 1 is 0.420 bits per heavy atom. The van der Waals surface area contributed by atoms with Crippen molar-refractivity contribution in [2.24, 2.45) is 0 Å². The summed E-state index contributed by atoms with van der Waals surface area (Å²) >= 11 is 1.75. The summed E-state index contributed by atoms with van der Waals surface area (Å²) in [6, 6.07) is 54.7. The second-order valence-corrected chi connectivity index (χ2v) is 13.4. The highest BCUT2D eigenvalue weighted by molar-refractivity contribution is 7.25. The fourth-order valence-electron chi connectivity index (χ4n) is 7.01. The molecule has 6 aromatic carbocycles. The summed E-state index contributed by atoms with van der Waals surface area (Å²) in [4.78, 5) is 21.3. The lowest BCUT2D eigenvalue weighted by Crippen LogP contribution is -2.01. The molecule has 0 amide bonds. The number of thiophene rings is 1. The smallest absolute Gasteiger partial charge is 0.164 e. The summed E-state index contributed by atoms with van der Waals surface area (Å²) < 4.78 is 3.59. The highest BCUT2D eigenvalue weighted by atomic mass is 32.1. The van der Waals surface area contributed by atoms with E-state index in [9.17, 15) is 0 Å². The molecule has 0 N–H and O–H groups in total. The lowest BCUT2D eigenvalue weighted by Gasteiger charge is -2.14. The zero-order chi connectivity index (χ0) is 33.0. The van der Waals surface area contributed by atoms with Crippen LogP contribution in [0.1, 0.15) is 0 Å². The van der Waals surface area contributed by atoms with Gasteiger partial charge in [0.15, 0.2) is 17.5 Å². The van der Waals surface area contributed by atoms with Crippen LogP contribution < -0.4 is 0 Å². The molecular formula is C44H27N5S. The van der Waals surface area contributed by atoms with E-state index in [0.29, 0.717) is 17.5 Å². The number of rotatable bonds is 5. The molecule has 6 heteroatoms. The van der Waals surface area contributed by atoms with Crippen LogP contribution in [0.25, 0.3) is 93.1 Å². The quantitative estimate of drug-likeness (QED) is 0.185. The van der Waals surface area contributed by atoms with E-state index in [1.54, 1.807) is 11.3 Å². The molecule has 0 fully saturated rings. The third kappa shape index (κ3) is 4.69. The molecule has 234 valence electrons. The van der Waals surface area contributed by atoms with Gasteiger partial charge in [0, 0.05) is 48.6 Å². The molecule has 0 aliphatic rings. The van der Waals surface area contributed by atoms with Gasteiger partial charge in [0.25, 0.3) is 0 Å². The zero-order valence-corrected chi connectivity index (χ0v) is 27.5. The van der Waals surface area contributed by atoms with Crippen molar-refractivity contribution in [2.75, 3.05) is 0 Å². The molecule has 4 aromatic heterocycles. The van der Waals surface area contributed by atoms with Gasteiger partial charge in [0.05, 0.1) is 17.2 Å². The minimum atomic E-state index is 0.613. The fourth-order valence-corrected chi connectivity index (χ4v) is 8.07. The van der Waals surface area contributed by atoms with Crippen molar-refractivity contribution in [3.8, 4) is 51.0 Å². The molecule has 0 radical (unpaired) electrons. The molecule has 0 aliphatic carbocycles. The van der Waals surface area contributed by atoms with Crippen molar-refractivity contribution in [2.45, 2.75) is 0 Å². The predicted molar refractivity (Wildman–Crippen MR) is 207 cm³/mol. The van der Waals surface area contributed by atoms with Crippen molar-refractivity contribution in [3.63, 3.8) is 0 Å². The Hall–Kier alpha value is -6.50. The third-order valence-electron chi connectivity index (χ3n) is 9.28. The van der Waals surface area contributed by atoms with Gasteiger partial charge in [0.1, 0.15) is 4.83 Å². The van der Waals surface area contributed by atoms with Crippen molar-refractivity contribution in [1.29, 1.82) is 0 Å². The second kappa shape index (κ2) is 11.6. The van der Waals surface area contributed by atoms with E-state index >= 15 is 0 Å². The number of benzene rings is 6. The molecule has 0 bridgehead atoms. The molecular weight excluding hydrogens is 631 g/mol. The Morgan fingerprint density at radius 2 is 0.960 bits per heavy atom. The van der Waals surface area contributed by atoms with Crippen LogP contribution in [-0.4, -0.2) is 24.5 Å². The fraction of sp³-hybridized carbons (Fsp3) is 0. The predicted octanol–water partition coefficient (Wildman–Crippen LogP) is 11.4. The Morgan fingerprint density at radius 3 is 1.64 bits per heavy atom. The van der Waals surface area contributed by atoms with E-state index in [0.717, 1.165) is 49.4 Å². The number of para-hydroxylation sites is 1. The minimum absolute atomic E-state index is 0.613. The Bertz CT molecular complexity index is 2800. The second-order valence-electron chi connectivity index (χ2n) is 12.3. The zero-order valence-electron chi connectivity index (χ0n) is 26.7. The highest BCUT2D eigenvalue weighted by Crippen LogP contribution is 2.43. The molecule has 0 saturated heterocycles. The van der Waals surface area contributed by atoms with Crippen LogP contribution in [0.2, 0.25) is 0 Å². The third-order valence-corrected chi connectivity index (χ3v) is 10.4. The van der Waals surface area contributed by atoms with Crippen LogP contribution in [0.4, 0.5) is 0 Å². The molecule has 0 atom stereocenters. The SMILES string of the molecule is c1ccc(-c2cc(-c3nc(-c4ccccc4)nc(-c4ccccc4)n3)cc(-n3c4ccccc4c4c5c(ncc43)sc3ccccc35)c2)cc1. The first-order chi connectivity index (χ1) is 24.8. The van der Waals surface area contributed by atoms with Gasteiger partial charge in [-0.1, -0.05) is 127 Å². The molecule has 0 saturated carbocycles. The standard InChI is InChI=1S/C44H27N5S/c1-4-14-28(15-5-1)31-24-32(43-47-41(29-16-6-2-7-17-29)46-42(48-43)30-18-8-3-9-19-30)26-33(25-31)49-36-22-12-10-20-34(36)39-37(49)27-45-44-40(39)35-21-11-13-23-38(35)50-44/h1-27H. The first-order valence-electron chi connectivity index (χ1n) is 16.6. The first kappa shape index (κ1) is 28.5. The average Bonchev–Trinajstić information content (AvgIpc) is 3.74. The molecule has 10 rings (SSSR count). The largest absolute Gasteiger partial charge is 0.308 e. The number of pyridine rings is 1. The lowest BCUT2D eigenvalue weighted by molar-refractivity contribution is 1.07. The number of nitrogens with zero attached hydrogens (tertiary/aromatic N) is 5. The first-order valence-corrected chi connectivity index (χ1v) is 17.4. The highest BCUT2D eigenvalue weighted by Gasteiger charge is 2.20. The normalized spacial score (nSPS) is 11.6. The van der Waals surface area contributed by atoms with Crippen LogP contribution in [0, 0.1) is 0 Å². The summed E-state index contributed by atoms with van der Waals surface area (Å²) in [7, 11) is 0. The van der Waals surface area contributed by atoms with Gasteiger partial charge in [-0.2, -0.15) is 0 Å². The number of aromatic nitrogens is 5. The van der Waals surface area contributed by atoms with Crippen LogP contribution in [0.5, 0.6) is 0 Å². The van der Waals surface area contributed by atoms with Crippen molar-refractivity contribution in [1.82, 2.24) is 24.5 Å². The summed E-state index contributed by atoms with van der Waals surface area (Å²) in [6.07, 6.45) is 2.03. The van der Waals surface area contributed by atoms with E-state index in [1.165, 1.54) is 26.2 Å². The number of fused-ring (bicyclic) bond motifs is 7. The lowest BCUT2D eigenvalue weighted by atomic mass is 10.0. The van der Waals surface area contributed by atoms with Crippen LogP contribution >= 0.6 is 11.3 Å². The van der Waals surface area contributed by atoms with Gasteiger partial charge in [-0.05, 0) is 41.5 Å². The summed E-state index contributed by atoms with van der Waals surface area (Å²) in [5.74, 6) is 1.88. The van der Waals surface area contributed by atoms with Crippen LogP contribution in [-0.2, 0) is 0 Å². The Balaban J connectivity index is 1.28. The molecule has 0 unspecified atom stereocenters. The monoisotopic (exact) mass is 657 g/mol. The van der Waals surface area contributed by atoms with E-state index in [1.807, 2.05) is 72.9 Å². The van der Waals surface area contributed by atoms with Crippen LogP contribution in [0.3, 0.4) is 0 Å². The number of hydrogen-bond donors (Lipinski definition) is 0. The van der Waals surface area contributed by atoms with Gasteiger partial charge in [-0.3, -0.25) is 0 Å². The van der Waals surface area contributed by atoms with E-state index < -0.39 is 0 Å². The maximum Gasteiger partial charge on any atom is 0.164 e. The van der Waals surface area contributed by atoms with Gasteiger partial charge in [0.2, 0.25) is 0 Å². The molecule has 10 aromatic rings. The van der Waals surface area contributed by atoms with Crippen molar-refractivity contribution >= 4 is 53.4 Å². The molecule has 0 aliphatic heterocycles. The van der Waals surface area contributed by atoms with Crippen molar-refractivity contribution < 1.29 is 0 Å².